The maximum atomic E-state index is 14.0. The van der Waals surface area contributed by atoms with Crippen molar-refractivity contribution in [2.75, 3.05) is 41.3 Å². The molecule has 2 rings (SSSR count). The Morgan fingerprint density at radius 3 is 2.45 bits per heavy atom. The number of amides is 1. The predicted octanol–water partition coefficient (Wildman–Crippen LogP) is 2.54. The first-order valence-electron chi connectivity index (χ1n) is 9.46. The van der Waals surface area contributed by atoms with Crippen LogP contribution in [-0.4, -0.2) is 63.0 Å². The van der Waals surface area contributed by atoms with Gasteiger partial charge in [0.2, 0.25) is 5.91 Å². The first kappa shape index (κ1) is 22.2. The van der Waals surface area contributed by atoms with Crippen molar-refractivity contribution >= 4 is 11.9 Å². The van der Waals surface area contributed by atoms with Gasteiger partial charge in [-0.1, -0.05) is 36.4 Å². The molecule has 0 aliphatic rings. The summed E-state index contributed by atoms with van der Waals surface area (Å²) >= 11 is 0. The number of ether oxygens (including phenoxy) is 1. The van der Waals surface area contributed by atoms with Gasteiger partial charge in [-0.25, -0.2) is 9.38 Å². The number of hydrogen-bond donors (Lipinski definition) is 1. The van der Waals surface area contributed by atoms with Gasteiger partial charge in [0, 0.05) is 34.2 Å². The van der Waals surface area contributed by atoms with Crippen molar-refractivity contribution in [1.29, 1.82) is 0 Å². The van der Waals surface area contributed by atoms with E-state index in [1.54, 1.807) is 20.2 Å². The molecule has 0 spiro atoms. The number of benzene rings is 2. The number of nitrogens with one attached hydrogen (secondary N) is 1. The number of carbonyl (C=O) groups excluding carboxylic acids is 1. The molecular weight excluding hydrogens is 371 g/mol. The van der Waals surface area contributed by atoms with Crippen molar-refractivity contribution in [2.45, 2.75) is 13.0 Å². The Balaban J connectivity index is 2.06. The summed E-state index contributed by atoms with van der Waals surface area (Å²) in [6.45, 7) is 1.15. The van der Waals surface area contributed by atoms with Crippen LogP contribution in [0.3, 0.4) is 0 Å². The fraction of sp³-hybridized carbons (Fsp3) is 0.364. The smallest absolute Gasteiger partial charge is 0.243 e. The third kappa shape index (κ3) is 7.10. The maximum Gasteiger partial charge on any atom is 0.243 e. The number of methoxy groups -OCH3 is 1. The van der Waals surface area contributed by atoms with Crippen LogP contribution in [0, 0.1) is 5.82 Å². The second-order valence-corrected chi connectivity index (χ2v) is 6.92. The fourth-order valence-electron chi connectivity index (χ4n) is 2.72. The zero-order valence-corrected chi connectivity index (χ0v) is 17.5. The predicted molar refractivity (Wildman–Crippen MR) is 114 cm³/mol. The maximum absolute atomic E-state index is 14.0. The zero-order chi connectivity index (χ0) is 21.2. The molecule has 0 radical (unpaired) electrons. The summed E-state index contributed by atoms with van der Waals surface area (Å²) in [6, 6.07) is 15.0. The quantitative estimate of drug-likeness (QED) is 0.547. The van der Waals surface area contributed by atoms with Crippen LogP contribution in [0.15, 0.2) is 53.5 Å². The lowest BCUT2D eigenvalue weighted by Gasteiger charge is -2.23. The van der Waals surface area contributed by atoms with Crippen LogP contribution in [0.5, 0.6) is 5.75 Å². The monoisotopic (exact) mass is 400 g/mol. The van der Waals surface area contributed by atoms with Gasteiger partial charge in [0.25, 0.3) is 0 Å². The highest BCUT2D eigenvalue weighted by Crippen LogP contribution is 2.18. The first-order valence-corrected chi connectivity index (χ1v) is 9.46. The minimum absolute atomic E-state index is 0.0436. The van der Waals surface area contributed by atoms with E-state index in [4.69, 9.17) is 4.74 Å². The second kappa shape index (κ2) is 11.0. The summed E-state index contributed by atoms with van der Waals surface area (Å²) in [7, 11) is 6.69. The molecule has 0 heterocycles. The van der Waals surface area contributed by atoms with Gasteiger partial charge in [0.05, 0.1) is 7.11 Å². The van der Waals surface area contributed by atoms with Crippen molar-refractivity contribution in [2.24, 2.45) is 4.99 Å². The van der Waals surface area contributed by atoms with Crippen molar-refractivity contribution in [1.82, 2.24) is 15.1 Å². The van der Waals surface area contributed by atoms with Gasteiger partial charge in [0.15, 0.2) is 17.5 Å². The Morgan fingerprint density at radius 2 is 1.83 bits per heavy atom. The molecule has 0 atom stereocenters. The largest absolute Gasteiger partial charge is 0.494 e. The highest BCUT2D eigenvalue weighted by Gasteiger charge is 2.11. The number of likely N-dealkylation sites (N-methyl/N-ethyl adjacent to an activating group) is 1. The molecule has 1 N–H and O–H groups in total. The van der Waals surface area contributed by atoms with E-state index in [1.807, 2.05) is 36.2 Å². The molecule has 0 unspecified atom stereocenters. The Hall–Kier alpha value is -3.09. The number of nitrogens with zero attached hydrogens (tertiary/aromatic N) is 3. The number of guanidine groups is 1. The van der Waals surface area contributed by atoms with Crippen molar-refractivity contribution in [3.05, 3.63) is 65.5 Å². The fourth-order valence-corrected chi connectivity index (χ4v) is 2.72. The number of aliphatic imine (C=N–C) groups is 1. The molecule has 0 bridgehead atoms. The molecule has 2 aromatic carbocycles. The molecule has 0 saturated carbocycles. The SMILES string of the molecule is COc1ccc(CN(C)C(=NCC(=O)N(C)C)NCCc2ccccc2)cc1F. The van der Waals surface area contributed by atoms with E-state index < -0.39 is 5.82 Å². The summed E-state index contributed by atoms with van der Waals surface area (Å²) in [5.74, 6) is 0.308. The standard InChI is InChI=1S/C22H29FN4O2/c1-26(2)21(28)15-25-22(24-13-12-17-8-6-5-7-9-17)27(3)16-18-10-11-20(29-4)19(23)14-18/h5-11,14H,12-13,15-16H2,1-4H3,(H,24,25). The topological polar surface area (TPSA) is 57.2 Å². The molecule has 0 aliphatic heterocycles. The normalized spacial score (nSPS) is 11.1. The Kier molecular flexibility index (Phi) is 8.45. The van der Waals surface area contributed by atoms with Gasteiger partial charge in [-0.05, 0) is 29.7 Å². The summed E-state index contributed by atoms with van der Waals surface area (Å²) in [4.78, 5) is 19.8. The van der Waals surface area contributed by atoms with Gasteiger partial charge in [-0.3, -0.25) is 4.79 Å². The molecule has 1 amide bonds. The van der Waals surface area contributed by atoms with E-state index in [9.17, 15) is 9.18 Å². The highest BCUT2D eigenvalue weighted by molar-refractivity contribution is 5.84. The lowest BCUT2D eigenvalue weighted by atomic mass is 10.1. The molecule has 29 heavy (non-hydrogen) atoms. The van der Waals surface area contributed by atoms with E-state index in [0.29, 0.717) is 19.0 Å². The van der Waals surface area contributed by atoms with Gasteiger partial charge < -0.3 is 19.9 Å². The average Bonchev–Trinajstić information content (AvgIpc) is 2.71. The van der Waals surface area contributed by atoms with Crippen LogP contribution in [0.2, 0.25) is 0 Å². The third-order valence-corrected chi connectivity index (χ3v) is 4.40. The van der Waals surface area contributed by atoms with E-state index in [2.05, 4.69) is 22.4 Å². The summed E-state index contributed by atoms with van der Waals surface area (Å²) in [6.07, 6.45) is 0.826. The van der Waals surface area contributed by atoms with Crippen LogP contribution < -0.4 is 10.1 Å². The average molecular weight is 400 g/mol. The van der Waals surface area contributed by atoms with Crippen LogP contribution in [0.1, 0.15) is 11.1 Å². The number of hydrogen-bond acceptors (Lipinski definition) is 3. The summed E-state index contributed by atoms with van der Waals surface area (Å²) in [5, 5.41) is 3.31. The van der Waals surface area contributed by atoms with E-state index in [-0.39, 0.29) is 18.2 Å². The van der Waals surface area contributed by atoms with Crippen LogP contribution >= 0.6 is 0 Å². The highest BCUT2D eigenvalue weighted by atomic mass is 19.1. The Morgan fingerprint density at radius 1 is 1.10 bits per heavy atom. The van der Waals surface area contributed by atoms with Gasteiger partial charge >= 0.3 is 0 Å². The van der Waals surface area contributed by atoms with Crippen LogP contribution in [0.4, 0.5) is 4.39 Å². The molecule has 0 saturated heterocycles. The lowest BCUT2D eigenvalue weighted by molar-refractivity contribution is -0.127. The number of halogens is 1. The minimum atomic E-state index is -0.406. The van der Waals surface area contributed by atoms with Gasteiger partial charge in [0.1, 0.15) is 6.54 Å². The minimum Gasteiger partial charge on any atom is -0.494 e. The number of carbonyl (C=O) groups is 1. The van der Waals surface area contributed by atoms with Crippen molar-refractivity contribution < 1.29 is 13.9 Å². The van der Waals surface area contributed by atoms with Gasteiger partial charge in [-0.2, -0.15) is 0 Å². The van der Waals surface area contributed by atoms with E-state index in [1.165, 1.54) is 23.6 Å². The summed E-state index contributed by atoms with van der Waals surface area (Å²) in [5.41, 5.74) is 1.99. The zero-order valence-electron chi connectivity index (χ0n) is 17.5. The lowest BCUT2D eigenvalue weighted by Crippen LogP contribution is -2.40. The van der Waals surface area contributed by atoms with Gasteiger partial charge in [-0.15, -0.1) is 0 Å². The first-order chi connectivity index (χ1) is 13.9. The number of rotatable bonds is 8. The molecule has 0 fully saturated rings. The molecule has 6 nitrogen and oxygen atoms in total. The Labute approximate surface area is 172 Å². The second-order valence-electron chi connectivity index (χ2n) is 6.92. The van der Waals surface area contributed by atoms with E-state index >= 15 is 0 Å². The molecule has 2 aromatic rings. The van der Waals surface area contributed by atoms with Crippen LogP contribution in [-0.2, 0) is 17.8 Å². The Bertz CT molecular complexity index is 825. The molecule has 0 aromatic heterocycles. The summed E-state index contributed by atoms with van der Waals surface area (Å²) < 4.78 is 19.0. The molecule has 156 valence electrons. The van der Waals surface area contributed by atoms with E-state index in [0.717, 1.165) is 12.0 Å². The third-order valence-electron chi connectivity index (χ3n) is 4.40. The van der Waals surface area contributed by atoms with Crippen molar-refractivity contribution in [3.8, 4) is 5.75 Å². The van der Waals surface area contributed by atoms with Crippen LogP contribution in [0.25, 0.3) is 0 Å². The molecular formula is C22H29FN4O2. The molecule has 0 aliphatic carbocycles. The van der Waals surface area contributed by atoms with Crippen molar-refractivity contribution in [3.63, 3.8) is 0 Å². The molecule has 7 heteroatoms.